The van der Waals surface area contributed by atoms with E-state index in [1.165, 1.54) is 6.42 Å². The number of nitrogens with one attached hydrogen (secondary N) is 1. The van der Waals surface area contributed by atoms with E-state index in [4.69, 9.17) is 5.11 Å². The highest BCUT2D eigenvalue weighted by molar-refractivity contribution is 5.70. The monoisotopic (exact) mass is 227 g/mol. The number of rotatable bonds is 5. The van der Waals surface area contributed by atoms with Crippen LogP contribution in [0.25, 0.3) is 0 Å². The van der Waals surface area contributed by atoms with Crippen LogP contribution in [0.3, 0.4) is 0 Å². The first-order valence-corrected chi connectivity index (χ1v) is 6.41. The zero-order chi connectivity index (χ0) is 12.2. The predicted octanol–water partition coefficient (Wildman–Crippen LogP) is 2.66. The Balaban J connectivity index is 2.25. The maximum Gasteiger partial charge on any atom is 0.306 e. The molecule has 0 spiro atoms. The molecule has 0 amide bonds. The van der Waals surface area contributed by atoms with Crippen LogP contribution in [0.5, 0.6) is 0 Å². The lowest BCUT2D eigenvalue weighted by atomic mass is 9.84. The zero-order valence-corrected chi connectivity index (χ0v) is 10.8. The van der Waals surface area contributed by atoms with E-state index in [1.807, 2.05) is 0 Å². The minimum absolute atomic E-state index is 0.0998. The molecular weight excluding hydrogens is 202 g/mol. The number of carbonyl (C=O) groups is 1. The average molecular weight is 227 g/mol. The summed E-state index contributed by atoms with van der Waals surface area (Å²) in [6.07, 6.45) is 4.86. The quantitative estimate of drug-likeness (QED) is 0.759. The van der Waals surface area contributed by atoms with Crippen LogP contribution in [0.4, 0.5) is 0 Å². The van der Waals surface area contributed by atoms with Gasteiger partial charge in [-0.3, -0.25) is 4.79 Å². The molecule has 1 fully saturated rings. The molecule has 0 heterocycles. The van der Waals surface area contributed by atoms with Crippen LogP contribution < -0.4 is 5.32 Å². The van der Waals surface area contributed by atoms with E-state index in [9.17, 15) is 4.79 Å². The molecule has 3 nitrogen and oxygen atoms in total. The normalized spacial score (nSPS) is 26.7. The van der Waals surface area contributed by atoms with Gasteiger partial charge in [-0.1, -0.05) is 20.8 Å². The molecule has 2 N–H and O–H groups in total. The topological polar surface area (TPSA) is 49.3 Å². The Morgan fingerprint density at radius 3 is 2.31 bits per heavy atom. The van der Waals surface area contributed by atoms with Gasteiger partial charge in [0, 0.05) is 12.6 Å². The van der Waals surface area contributed by atoms with Gasteiger partial charge < -0.3 is 10.4 Å². The molecule has 0 aliphatic heterocycles. The lowest BCUT2D eigenvalue weighted by Crippen LogP contribution is -2.39. The summed E-state index contributed by atoms with van der Waals surface area (Å²) < 4.78 is 0. The molecule has 0 atom stereocenters. The number of aliphatic carboxylic acids is 1. The summed E-state index contributed by atoms with van der Waals surface area (Å²) in [6.45, 7) is 7.78. The maximum atomic E-state index is 10.8. The molecular formula is C13H25NO2. The smallest absolute Gasteiger partial charge is 0.306 e. The fraction of sp³-hybridized carbons (Fsp3) is 0.923. The third-order valence-corrected chi connectivity index (χ3v) is 3.90. The lowest BCUT2D eigenvalue weighted by Gasteiger charge is -2.31. The van der Waals surface area contributed by atoms with Crippen molar-refractivity contribution in [1.29, 1.82) is 0 Å². The minimum atomic E-state index is -0.618. The van der Waals surface area contributed by atoms with Gasteiger partial charge in [0.05, 0.1) is 5.92 Å². The fourth-order valence-electron chi connectivity index (χ4n) is 2.09. The number of carboxylic acids is 1. The number of hydrogen-bond acceptors (Lipinski definition) is 2. The lowest BCUT2D eigenvalue weighted by molar-refractivity contribution is -0.142. The van der Waals surface area contributed by atoms with Gasteiger partial charge in [0.2, 0.25) is 0 Å². The third-order valence-electron chi connectivity index (χ3n) is 3.90. The summed E-state index contributed by atoms with van der Waals surface area (Å²) in [4.78, 5) is 10.8. The van der Waals surface area contributed by atoms with Crippen LogP contribution in [0.2, 0.25) is 0 Å². The molecule has 1 saturated carbocycles. The molecule has 16 heavy (non-hydrogen) atoms. The summed E-state index contributed by atoms with van der Waals surface area (Å²) in [6, 6.07) is 0.529. The molecule has 0 aromatic rings. The van der Waals surface area contributed by atoms with Crippen molar-refractivity contribution in [2.75, 3.05) is 6.54 Å². The van der Waals surface area contributed by atoms with E-state index in [1.54, 1.807) is 0 Å². The highest BCUT2D eigenvalue weighted by Gasteiger charge is 2.26. The fourth-order valence-corrected chi connectivity index (χ4v) is 2.09. The molecule has 0 bridgehead atoms. The van der Waals surface area contributed by atoms with E-state index in [-0.39, 0.29) is 5.92 Å². The number of hydrogen-bond donors (Lipinski definition) is 2. The molecule has 1 aliphatic rings. The average Bonchev–Trinajstić information content (AvgIpc) is 2.27. The third kappa shape index (κ3) is 4.12. The molecule has 94 valence electrons. The Labute approximate surface area is 98.6 Å². The van der Waals surface area contributed by atoms with Gasteiger partial charge in [0.1, 0.15) is 0 Å². The highest BCUT2D eigenvalue weighted by Crippen LogP contribution is 2.25. The molecule has 3 heteroatoms. The number of carboxylic acid groups (broad SMARTS) is 1. The summed E-state index contributed by atoms with van der Waals surface area (Å²) >= 11 is 0. The summed E-state index contributed by atoms with van der Waals surface area (Å²) in [7, 11) is 0. The van der Waals surface area contributed by atoms with Gasteiger partial charge in [-0.15, -0.1) is 0 Å². The predicted molar refractivity (Wildman–Crippen MR) is 65.5 cm³/mol. The van der Waals surface area contributed by atoms with Gasteiger partial charge >= 0.3 is 5.97 Å². The van der Waals surface area contributed by atoms with Crippen molar-refractivity contribution in [3.8, 4) is 0 Å². The van der Waals surface area contributed by atoms with Gasteiger partial charge in [-0.2, -0.15) is 0 Å². The Hall–Kier alpha value is -0.570. The zero-order valence-electron chi connectivity index (χ0n) is 10.8. The van der Waals surface area contributed by atoms with Gasteiger partial charge in [-0.05, 0) is 37.5 Å². The Bertz CT molecular complexity index is 230. The molecule has 0 aromatic heterocycles. The molecule has 1 rings (SSSR count). The van der Waals surface area contributed by atoms with E-state index in [0.29, 0.717) is 11.5 Å². The minimum Gasteiger partial charge on any atom is -0.481 e. The maximum absolute atomic E-state index is 10.8. The van der Waals surface area contributed by atoms with E-state index >= 15 is 0 Å². The van der Waals surface area contributed by atoms with Crippen LogP contribution in [-0.2, 0) is 4.79 Å². The van der Waals surface area contributed by atoms with E-state index in [0.717, 1.165) is 32.2 Å². The molecule has 0 radical (unpaired) electrons. The SMILES string of the molecule is CCC(C)(C)CNC1CCC(C(=O)O)CC1. The van der Waals surface area contributed by atoms with Gasteiger partial charge in [0.15, 0.2) is 0 Å². The van der Waals surface area contributed by atoms with Crippen molar-refractivity contribution in [2.24, 2.45) is 11.3 Å². The first-order valence-electron chi connectivity index (χ1n) is 6.41. The second kappa shape index (κ2) is 5.67. The van der Waals surface area contributed by atoms with Crippen molar-refractivity contribution in [1.82, 2.24) is 5.32 Å². The van der Waals surface area contributed by atoms with E-state index in [2.05, 4.69) is 26.1 Å². The second-order valence-corrected chi connectivity index (χ2v) is 5.79. The summed E-state index contributed by atoms with van der Waals surface area (Å²) in [5.41, 5.74) is 0.351. The van der Waals surface area contributed by atoms with Crippen LogP contribution in [0.1, 0.15) is 52.9 Å². The van der Waals surface area contributed by atoms with Crippen LogP contribution in [0, 0.1) is 11.3 Å². The largest absolute Gasteiger partial charge is 0.481 e. The van der Waals surface area contributed by atoms with Crippen molar-refractivity contribution >= 4 is 5.97 Å². The summed E-state index contributed by atoms with van der Waals surface area (Å²) in [5.74, 6) is -0.718. The Morgan fingerprint density at radius 2 is 1.88 bits per heavy atom. The first-order chi connectivity index (χ1) is 7.44. The Morgan fingerprint density at radius 1 is 1.31 bits per heavy atom. The Kier molecular flexibility index (Phi) is 4.78. The van der Waals surface area contributed by atoms with Crippen LogP contribution >= 0.6 is 0 Å². The summed E-state index contributed by atoms with van der Waals surface area (Å²) in [5, 5.41) is 12.5. The standard InChI is InChI=1S/C13H25NO2/c1-4-13(2,3)9-14-11-7-5-10(6-8-11)12(15)16/h10-11,14H,4-9H2,1-3H3,(H,15,16). The van der Waals surface area contributed by atoms with Crippen molar-refractivity contribution in [3.63, 3.8) is 0 Å². The van der Waals surface area contributed by atoms with E-state index < -0.39 is 5.97 Å². The van der Waals surface area contributed by atoms with Crippen LogP contribution in [0.15, 0.2) is 0 Å². The van der Waals surface area contributed by atoms with Gasteiger partial charge in [0.25, 0.3) is 0 Å². The second-order valence-electron chi connectivity index (χ2n) is 5.79. The highest BCUT2D eigenvalue weighted by atomic mass is 16.4. The molecule has 0 unspecified atom stereocenters. The van der Waals surface area contributed by atoms with Crippen molar-refractivity contribution in [3.05, 3.63) is 0 Å². The van der Waals surface area contributed by atoms with Crippen molar-refractivity contribution in [2.45, 2.75) is 58.9 Å². The van der Waals surface area contributed by atoms with Crippen molar-refractivity contribution < 1.29 is 9.90 Å². The van der Waals surface area contributed by atoms with Crippen LogP contribution in [-0.4, -0.2) is 23.7 Å². The molecule has 0 saturated heterocycles. The molecule has 1 aliphatic carbocycles. The first kappa shape index (κ1) is 13.5. The molecule has 0 aromatic carbocycles. The van der Waals surface area contributed by atoms with Gasteiger partial charge in [-0.25, -0.2) is 0 Å².